The van der Waals surface area contributed by atoms with Crippen LogP contribution in [0.25, 0.3) is 0 Å². The second kappa shape index (κ2) is 6.98. The average molecular weight is 270 g/mol. The number of carbonyl (C=O) groups is 2. The van der Waals surface area contributed by atoms with Crippen molar-refractivity contribution in [1.82, 2.24) is 0 Å². The Morgan fingerprint density at radius 3 is 2.61 bits per heavy atom. The molecule has 0 unspecified atom stereocenters. The molecule has 0 radical (unpaired) electrons. The standard InChI is InChI=1S/C12H16ClN3O2/c13-10-5-4-8(7-9(10)12(15)18)16-11(17)3-1-2-6-14/h4-5,7H,1-3,6,14H2,(H2,15,18)(H,16,17). The fourth-order valence-corrected chi connectivity index (χ4v) is 1.66. The number of anilines is 1. The quantitative estimate of drug-likeness (QED) is 0.683. The van der Waals surface area contributed by atoms with Gasteiger partial charge in [0.05, 0.1) is 10.6 Å². The van der Waals surface area contributed by atoms with Crippen molar-refractivity contribution in [3.05, 3.63) is 28.8 Å². The molecule has 0 fully saturated rings. The van der Waals surface area contributed by atoms with E-state index in [0.29, 0.717) is 18.7 Å². The third-order valence-electron chi connectivity index (χ3n) is 2.37. The molecule has 0 saturated carbocycles. The van der Waals surface area contributed by atoms with E-state index in [-0.39, 0.29) is 16.5 Å². The second-order valence-corrected chi connectivity index (χ2v) is 4.26. The molecule has 0 bridgehead atoms. The van der Waals surface area contributed by atoms with Crippen LogP contribution in [-0.4, -0.2) is 18.4 Å². The van der Waals surface area contributed by atoms with E-state index in [1.54, 1.807) is 6.07 Å². The van der Waals surface area contributed by atoms with Gasteiger partial charge in [-0.3, -0.25) is 9.59 Å². The summed E-state index contributed by atoms with van der Waals surface area (Å²) in [5, 5.41) is 2.94. The van der Waals surface area contributed by atoms with Gasteiger partial charge in [0.25, 0.3) is 0 Å². The summed E-state index contributed by atoms with van der Waals surface area (Å²) >= 11 is 5.80. The highest BCUT2D eigenvalue weighted by Crippen LogP contribution is 2.20. The number of hydrogen-bond donors (Lipinski definition) is 3. The molecule has 98 valence electrons. The second-order valence-electron chi connectivity index (χ2n) is 3.85. The number of unbranched alkanes of at least 4 members (excludes halogenated alkanes) is 1. The smallest absolute Gasteiger partial charge is 0.250 e. The summed E-state index contributed by atoms with van der Waals surface area (Å²) in [6.07, 6.45) is 1.94. The zero-order valence-corrected chi connectivity index (χ0v) is 10.7. The van der Waals surface area contributed by atoms with Crippen LogP contribution >= 0.6 is 11.6 Å². The van der Waals surface area contributed by atoms with Crippen LogP contribution < -0.4 is 16.8 Å². The summed E-state index contributed by atoms with van der Waals surface area (Å²) in [6.45, 7) is 0.569. The van der Waals surface area contributed by atoms with Crippen LogP contribution in [0.3, 0.4) is 0 Å². The summed E-state index contributed by atoms with van der Waals surface area (Å²) < 4.78 is 0. The number of benzene rings is 1. The maximum atomic E-state index is 11.6. The van der Waals surface area contributed by atoms with Crippen LogP contribution in [0.4, 0.5) is 5.69 Å². The van der Waals surface area contributed by atoms with E-state index < -0.39 is 5.91 Å². The Morgan fingerprint density at radius 2 is 2.00 bits per heavy atom. The molecule has 0 saturated heterocycles. The molecule has 5 nitrogen and oxygen atoms in total. The van der Waals surface area contributed by atoms with Crippen molar-refractivity contribution in [2.24, 2.45) is 11.5 Å². The largest absolute Gasteiger partial charge is 0.366 e. The van der Waals surface area contributed by atoms with Crippen molar-refractivity contribution in [2.45, 2.75) is 19.3 Å². The van der Waals surface area contributed by atoms with Crippen molar-refractivity contribution < 1.29 is 9.59 Å². The van der Waals surface area contributed by atoms with Gasteiger partial charge >= 0.3 is 0 Å². The van der Waals surface area contributed by atoms with Crippen LogP contribution in [0.15, 0.2) is 18.2 Å². The van der Waals surface area contributed by atoms with E-state index >= 15 is 0 Å². The zero-order valence-electron chi connectivity index (χ0n) is 9.91. The molecule has 0 aliphatic rings. The fourth-order valence-electron chi connectivity index (χ4n) is 1.45. The number of primary amides is 1. The molecular formula is C12H16ClN3O2. The molecule has 6 heteroatoms. The molecule has 0 aliphatic heterocycles. The zero-order chi connectivity index (χ0) is 13.5. The Balaban J connectivity index is 2.65. The van der Waals surface area contributed by atoms with Crippen LogP contribution in [0.5, 0.6) is 0 Å². The lowest BCUT2D eigenvalue weighted by Crippen LogP contribution is -2.15. The monoisotopic (exact) mass is 269 g/mol. The first kappa shape index (κ1) is 14.5. The molecule has 0 heterocycles. The van der Waals surface area contributed by atoms with Crippen LogP contribution in [0, 0.1) is 0 Å². The van der Waals surface area contributed by atoms with Crippen LogP contribution in [-0.2, 0) is 4.79 Å². The van der Waals surface area contributed by atoms with E-state index in [2.05, 4.69) is 5.32 Å². The summed E-state index contributed by atoms with van der Waals surface area (Å²) in [6, 6.07) is 4.61. The van der Waals surface area contributed by atoms with Gasteiger partial charge in [-0.1, -0.05) is 11.6 Å². The van der Waals surface area contributed by atoms with E-state index in [1.807, 2.05) is 0 Å². The molecule has 2 amide bonds. The van der Waals surface area contributed by atoms with Crippen molar-refractivity contribution in [3.63, 3.8) is 0 Å². The number of nitrogens with two attached hydrogens (primary N) is 2. The van der Waals surface area contributed by atoms with Gasteiger partial charge in [0.2, 0.25) is 11.8 Å². The lowest BCUT2D eigenvalue weighted by molar-refractivity contribution is -0.116. The van der Waals surface area contributed by atoms with Gasteiger partial charge < -0.3 is 16.8 Å². The minimum Gasteiger partial charge on any atom is -0.366 e. The normalized spacial score (nSPS) is 10.1. The van der Waals surface area contributed by atoms with E-state index in [9.17, 15) is 9.59 Å². The summed E-state index contributed by atoms with van der Waals surface area (Å²) in [5.74, 6) is -0.750. The van der Waals surface area contributed by atoms with Crippen LogP contribution in [0.1, 0.15) is 29.6 Å². The molecule has 0 aromatic heterocycles. The number of nitrogens with one attached hydrogen (secondary N) is 1. The van der Waals surface area contributed by atoms with E-state index in [4.69, 9.17) is 23.1 Å². The maximum absolute atomic E-state index is 11.6. The van der Waals surface area contributed by atoms with Crippen molar-refractivity contribution in [3.8, 4) is 0 Å². The third-order valence-corrected chi connectivity index (χ3v) is 2.70. The van der Waals surface area contributed by atoms with Gasteiger partial charge in [-0.15, -0.1) is 0 Å². The van der Waals surface area contributed by atoms with Crippen molar-refractivity contribution in [2.75, 3.05) is 11.9 Å². The van der Waals surface area contributed by atoms with Gasteiger partial charge in [-0.25, -0.2) is 0 Å². The Kier molecular flexibility index (Phi) is 5.61. The van der Waals surface area contributed by atoms with E-state index in [0.717, 1.165) is 12.8 Å². The Morgan fingerprint density at radius 1 is 1.28 bits per heavy atom. The molecule has 5 N–H and O–H groups in total. The Labute approximate surface area is 110 Å². The average Bonchev–Trinajstić information content (AvgIpc) is 2.31. The Bertz CT molecular complexity index is 449. The maximum Gasteiger partial charge on any atom is 0.250 e. The topological polar surface area (TPSA) is 98.2 Å². The number of halogens is 1. The van der Waals surface area contributed by atoms with Crippen molar-refractivity contribution >= 4 is 29.1 Å². The van der Waals surface area contributed by atoms with Gasteiger partial charge in [-0.2, -0.15) is 0 Å². The van der Waals surface area contributed by atoms with Gasteiger partial charge in [0, 0.05) is 12.1 Å². The molecule has 1 rings (SSSR count). The number of amides is 2. The van der Waals surface area contributed by atoms with Gasteiger partial charge in [0.15, 0.2) is 0 Å². The minimum atomic E-state index is -0.626. The Hall–Kier alpha value is -1.59. The molecule has 18 heavy (non-hydrogen) atoms. The molecule has 0 atom stereocenters. The summed E-state index contributed by atoms with van der Waals surface area (Å²) in [7, 11) is 0. The molecule has 1 aromatic rings. The first-order valence-corrected chi connectivity index (χ1v) is 6.01. The first-order valence-electron chi connectivity index (χ1n) is 5.64. The molecule has 1 aromatic carbocycles. The lowest BCUT2D eigenvalue weighted by atomic mass is 10.1. The highest BCUT2D eigenvalue weighted by molar-refractivity contribution is 6.33. The molecule has 0 spiro atoms. The lowest BCUT2D eigenvalue weighted by Gasteiger charge is -2.07. The minimum absolute atomic E-state index is 0.124. The first-order chi connectivity index (χ1) is 8.54. The predicted molar refractivity (Wildman–Crippen MR) is 71.5 cm³/mol. The highest BCUT2D eigenvalue weighted by Gasteiger charge is 2.09. The van der Waals surface area contributed by atoms with Gasteiger partial charge in [0.1, 0.15) is 0 Å². The van der Waals surface area contributed by atoms with Gasteiger partial charge in [-0.05, 0) is 37.6 Å². The highest BCUT2D eigenvalue weighted by atomic mass is 35.5. The summed E-state index contributed by atoms with van der Waals surface area (Å²) in [4.78, 5) is 22.6. The SMILES string of the molecule is NCCCCC(=O)Nc1ccc(Cl)c(C(N)=O)c1. The molecular weight excluding hydrogens is 254 g/mol. The number of rotatable bonds is 6. The number of carbonyl (C=O) groups excluding carboxylic acids is 2. The van der Waals surface area contributed by atoms with Crippen LogP contribution in [0.2, 0.25) is 5.02 Å². The number of hydrogen-bond acceptors (Lipinski definition) is 3. The molecule has 0 aliphatic carbocycles. The van der Waals surface area contributed by atoms with Crippen molar-refractivity contribution in [1.29, 1.82) is 0 Å². The fraction of sp³-hybridized carbons (Fsp3) is 0.333. The predicted octanol–water partition coefficient (Wildman–Crippen LogP) is 1.51. The third kappa shape index (κ3) is 4.35. The van der Waals surface area contributed by atoms with E-state index in [1.165, 1.54) is 12.1 Å². The summed E-state index contributed by atoms with van der Waals surface area (Å²) in [5.41, 5.74) is 11.2.